The third kappa shape index (κ3) is 4.70. The van der Waals surface area contributed by atoms with E-state index in [0.29, 0.717) is 0 Å². The average molecular weight is 335 g/mol. The monoisotopic (exact) mass is 335 g/mol. The van der Waals surface area contributed by atoms with Gasteiger partial charge >= 0.3 is 0 Å². The molecule has 0 fully saturated rings. The normalized spacial score (nSPS) is 11.2. The van der Waals surface area contributed by atoms with Gasteiger partial charge in [-0.3, -0.25) is 0 Å². The van der Waals surface area contributed by atoms with E-state index in [1.807, 2.05) is 0 Å². The lowest BCUT2D eigenvalue weighted by atomic mass is 10.1. The van der Waals surface area contributed by atoms with Crippen LogP contribution in [0.25, 0.3) is 21.8 Å². The second kappa shape index (κ2) is 9.38. The summed E-state index contributed by atoms with van der Waals surface area (Å²) >= 11 is 0. The van der Waals surface area contributed by atoms with Gasteiger partial charge in [0.05, 0.1) is 16.7 Å². The molecule has 0 unspecified atom stereocenters. The fraction of sp³-hybridized carbons (Fsp3) is 0.409. The molecule has 0 aliphatic rings. The molecule has 0 amide bonds. The van der Waals surface area contributed by atoms with Gasteiger partial charge in [0.1, 0.15) is 0 Å². The molecule has 0 bridgehead atoms. The number of fused-ring (bicyclic) bond motifs is 2. The lowest BCUT2D eigenvalue weighted by Crippen LogP contribution is -2.03. The minimum atomic E-state index is 0.831. The third-order valence-electron chi connectivity index (χ3n) is 4.77. The number of nitrogens with two attached hydrogens (primary N) is 1. The second-order valence-corrected chi connectivity index (χ2v) is 6.71. The number of benzene rings is 2. The molecular formula is C22H29N3. The van der Waals surface area contributed by atoms with Crippen LogP contribution < -0.4 is 11.1 Å². The fourth-order valence-corrected chi connectivity index (χ4v) is 3.40. The van der Waals surface area contributed by atoms with Crippen LogP contribution in [0.3, 0.4) is 0 Å². The first-order chi connectivity index (χ1) is 12.4. The van der Waals surface area contributed by atoms with Crippen LogP contribution in [0.15, 0.2) is 48.5 Å². The maximum atomic E-state index is 5.53. The summed E-state index contributed by atoms with van der Waals surface area (Å²) in [6.45, 7) is 1.85. The van der Waals surface area contributed by atoms with Crippen LogP contribution in [0, 0.1) is 0 Å². The molecule has 2 aromatic carbocycles. The van der Waals surface area contributed by atoms with Crippen molar-refractivity contribution in [2.45, 2.75) is 44.9 Å². The Bertz CT molecular complexity index is 743. The Labute approximate surface area is 150 Å². The van der Waals surface area contributed by atoms with Gasteiger partial charge in [-0.05, 0) is 31.5 Å². The molecule has 132 valence electrons. The quantitative estimate of drug-likeness (QED) is 0.380. The zero-order valence-corrected chi connectivity index (χ0v) is 15.0. The molecule has 0 aliphatic heterocycles. The van der Waals surface area contributed by atoms with Crippen molar-refractivity contribution in [3.05, 3.63) is 48.5 Å². The van der Waals surface area contributed by atoms with Crippen molar-refractivity contribution in [2.75, 3.05) is 18.4 Å². The molecule has 3 nitrogen and oxygen atoms in total. The van der Waals surface area contributed by atoms with Gasteiger partial charge in [-0.2, -0.15) is 0 Å². The predicted octanol–water partition coefficient (Wildman–Crippen LogP) is 5.49. The Morgan fingerprint density at radius 1 is 0.680 bits per heavy atom. The Morgan fingerprint density at radius 3 is 1.80 bits per heavy atom. The number of nitrogens with zero attached hydrogens (tertiary/aromatic N) is 1. The summed E-state index contributed by atoms with van der Waals surface area (Å²) in [4.78, 5) is 4.78. The molecule has 0 radical (unpaired) electrons. The Morgan fingerprint density at radius 2 is 1.20 bits per heavy atom. The minimum Gasteiger partial charge on any atom is -0.384 e. The first kappa shape index (κ1) is 17.7. The number of para-hydroxylation sites is 2. The van der Waals surface area contributed by atoms with E-state index in [0.717, 1.165) is 24.1 Å². The molecular weight excluding hydrogens is 306 g/mol. The highest BCUT2D eigenvalue weighted by Crippen LogP contribution is 2.30. The molecule has 0 aliphatic carbocycles. The molecule has 3 rings (SSSR count). The largest absolute Gasteiger partial charge is 0.384 e. The highest BCUT2D eigenvalue weighted by molar-refractivity contribution is 6.07. The fourth-order valence-electron chi connectivity index (χ4n) is 3.40. The van der Waals surface area contributed by atoms with E-state index in [-0.39, 0.29) is 0 Å². The van der Waals surface area contributed by atoms with E-state index >= 15 is 0 Å². The summed E-state index contributed by atoms with van der Waals surface area (Å²) in [6, 6.07) is 16.8. The lowest BCUT2D eigenvalue weighted by molar-refractivity contribution is 0.588. The van der Waals surface area contributed by atoms with Gasteiger partial charge in [-0.25, -0.2) is 4.98 Å². The number of nitrogens with one attached hydrogen (secondary N) is 1. The van der Waals surface area contributed by atoms with Crippen LogP contribution in [-0.2, 0) is 0 Å². The van der Waals surface area contributed by atoms with Crippen molar-refractivity contribution in [3.63, 3.8) is 0 Å². The van der Waals surface area contributed by atoms with E-state index in [2.05, 4.69) is 53.8 Å². The van der Waals surface area contributed by atoms with Crippen LogP contribution in [0.4, 0.5) is 5.69 Å². The minimum absolute atomic E-state index is 0.831. The van der Waals surface area contributed by atoms with Gasteiger partial charge in [0.15, 0.2) is 0 Å². The number of anilines is 1. The lowest BCUT2D eigenvalue weighted by Gasteiger charge is -2.13. The number of aromatic nitrogens is 1. The highest BCUT2D eigenvalue weighted by atomic mass is 14.9. The molecule has 1 aromatic heterocycles. The van der Waals surface area contributed by atoms with Crippen molar-refractivity contribution < 1.29 is 0 Å². The SMILES string of the molecule is NCCCCCCCCCNc1c2ccccc2nc2ccccc12. The summed E-state index contributed by atoms with van der Waals surface area (Å²) in [5, 5.41) is 6.11. The van der Waals surface area contributed by atoms with E-state index in [4.69, 9.17) is 10.7 Å². The molecule has 25 heavy (non-hydrogen) atoms. The topological polar surface area (TPSA) is 50.9 Å². The summed E-state index contributed by atoms with van der Waals surface area (Å²) in [5.74, 6) is 0. The van der Waals surface area contributed by atoms with Crippen molar-refractivity contribution in [2.24, 2.45) is 5.73 Å². The molecule has 0 saturated carbocycles. The standard InChI is InChI=1S/C22H29N3/c23-16-10-4-2-1-3-5-11-17-24-22-18-12-6-8-14-20(18)25-21-15-9-7-13-19(21)22/h6-9,12-15H,1-5,10-11,16-17,23H2,(H,24,25). The molecule has 3 aromatic rings. The first-order valence-electron chi connectivity index (χ1n) is 9.61. The summed E-state index contributed by atoms with van der Waals surface area (Å²) in [6.07, 6.45) is 8.93. The van der Waals surface area contributed by atoms with Crippen LogP contribution in [-0.4, -0.2) is 18.1 Å². The van der Waals surface area contributed by atoms with Gasteiger partial charge in [0.25, 0.3) is 0 Å². The maximum Gasteiger partial charge on any atom is 0.0730 e. The number of pyridine rings is 1. The van der Waals surface area contributed by atoms with E-state index < -0.39 is 0 Å². The average Bonchev–Trinajstić information content (AvgIpc) is 2.66. The second-order valence-electron chi connectivity index (χ2n) is 6.71. The highest BCUT2D eigenvalue weighted by Gasteiger charge is 2.07. The molecule has 0 saturated heterocycles. The number of hydrogen-bond donors (Lipinski definition) is 2. The van der Waals surface area contributed by atoms with Crippen LogP contribution in [0.1, 0.15) is 44.9 Å². The summed E-state index contributed by atoms with van der Waals surface area (Å²) in [7, 11) is 0. The van der Waals surface area contributed by atoms with E-state index in [9.17, 15) is 0 Å². The van der Waals surface area contributed by atoms with Gasteiger partial charge in [-0.1, -0.05) is 68.5 Å². The Kier molecular flexibility index (Phi) is 6.63. The smallest absolute Gasteiger partial charge is 0.0730 e. The van der Waals surface area contributed by atoms with Crippen molar-refractivity contribution >= 4 is 27.5 Å². The van der Waals surface area contributed by atoms with Gasteiger partial charge < -0.3 is 11.1 Å². The van der Waals surface area contributed by atoms with Gasteiger partial charge in [0.2, 0.25) is 0 Å². The van der Waals surface area contributed by atoms with Crippen LogP contribution in [0.2, 0.25) is 0 Å². The maximum absolute atomic E-state index is 5.53. The van der Waals surface area contributed by atoms with E-state index in [1.54, 1.807) is 0 Å². The summed E-state index contributed by atoms with van der Waals surface area (Å²) < 4.78 is 0. The number of rotatable bonds is 10. The molecule has 3 N–H and O–H groups in total. The molecule has 1 heterocycles. The zero-order valence-electron chi connectivity index (χ0n) is 15.0. The first-order valence-corrected chi connectivity index (χ1v) is 9.61. The summed E-state index contributed by atoms with van der Waals surface area (Å²) in [5.41, 5.74) is 8.87. The van der Waals surface area contributed by atoms with E-state index in [1.165, 1.54) is 61.4 Å². The Hall–Kier alpha value is -2.13. The molecule has 0 atom stereocenters. The van der Waals surface area contributed by atoms with Gasteiger partial charge in [-0.15, -0.1) is 0 Å². The molecule has 0 spiro atoms. The van der Waals surface area contributed by atoms with Crippen molar-refractivity contribution in [1.29, 1.82) is 0 Å². The van der Waals surface area contributed by atoms with Crippen LogP contribution in [0.5, 0.6) is 0 Å². The number of hydrogen-bond acceptors (Lipinski definition) is 3. The number of unbranched alkanes of at least 4 members (excludes halogenated alkanes) is 6. The third-order valence-corrected chi connectivity index (χ3v) is 4.77. The van der Waals surface area contributed by atoms with Crippen LogP contribution >= 0.6 is 0 Å². The molecule has 3 heteroatoms. The van der Waals surface area contributed by atoms with Gasteiger partial charge in [0, 0.05) is 17.3 Å². The zero-order chi connectivity index (χ0) is 17.3. The Balaban J connectivity index is 1.59. The predicted molar refractivity (Wildman–Crippen MR) is 109 cm³/mol. The van der Waals surface area contributed by atoms with Crippen molar-refractivity contribution in [3.8, 4) is 0 Å². The van der Waals surface area contributed by atoms with Crippen molar-refractivity contribution in [1.82, 2.24) is 4.98 Å².